The lowest BCUT2D eigenvalue weighted by Crippen LogP contribution is -2.40. The zero-order chi connectivity index (χ0) is 11.7. The van der Waals surface area contributed by atoms with Gasteiger partial charge < -0.3 is 5.73 Å². The van der Waals surface area contributed by atoms with Crippen LogP contribution in [0.3, 0.4) is 0 Å². The fourth-order valence-electron chi connectivity index (χ4n) is 1.43. The van der Waals surface area contributed by atoms with Gasteiger partial charge in [-0.1, -0.05) is 18.2 Å². The molecule has 0 aliphatic carbocycles. The Morgan fingerprint density at radius 3 is 2.50 bits per heavy atom. The summed E-state index contributed by atoms with van der Waals surface area (Å²) in [6.45, 7) is 1.63. The van der Waals surface area contributed by atoms with E-state index in [9.17, 15) is 9.59 Å². The minimum Gasteiger partial charge on any atom is -0.315 e. The second-order valence-corrected chi connectivity index (χ2v) is 3.54. The van der Waals surface area contributed by atoms with Gasteiger partial charge in [-0.3, -0.25) is 9.59 Å². The molecule has 1 atom stereocenters. The SMILES string of the molecule is CC1=NN(C(=O)c2ccccc2)C(=O)C1N. The smallest absolute Gasteiger partial charge is 0.281 e. The highest BCUT2D eigenvalue weighted by Gasteiger charge is 2.34. The van der Waals surface area contributed by atoms with Crippen LogP contribution in [0.4, 0.5) is 0 Å². The normalized spacial score (nSPS) is 19.9. The number of carbonyl (C=O) groups is 2. The molecule has 0 bridgehead atoms. The van der Waals surface area contributed by atoms with Gasteiger partial charge in [0.1, 0.15) is 6.04 Å². The van der Waals surface area contributed by atoms with Crippen LogP contribution in [-0.2, 0) is 4.79 Å². The predicted molar refractivity (Wildman–Crippen MR) is 58.7 cm³/mol. The Hall–Kier alpha value is -2.01. The number of hydrogen-bond donors (Lipinski definition) is 1. The Kier molecular flexibility index (Phi) is 2.54. The van der Waals surface area contributed by atoms with Crippen molar-refractivity contribution in [3.8, 4) is 0 Å². The molecular formula is C11H11N3O2. The third kappa shape index (κ3) is 1.61. The average Bonchev–Trinajstić information content (AvgIpc) is 2.57. The van der Waals surface area contributed by atoms with Gasteiger partial charge in [0.15, 0.2) is 0 Å². The van der Waals surface area contributed by atoms with Gasteiger partial charge in [0.2, 0.25) is 0 Å². The van der Waals surface area contributed by atoms with Gasteiger partial charge in [0.25, 0.3) is 11.8 Å². The maximum Gasteiger partial charge on any atom is 0.281 e. The maximum atomic E-state index is 11.9. The summed E-state index contributed by atoms with van der Waals surface area (Å²) in [6, 6.07) is 7.71. The van der Waals surface area contributed by atoms with Gasteiger partial charge in [-0.05, 0) is 19.1 Å². The minimum atomic E-state index is -0.798. The molecule has 0 radical (unpaired) electrons. The summed E-state index contributed by atoms with van der Waals surface area (Å²) < 4.78 is 0. The Balaban J connectivity index is 2.28. The summed E-state index contributed by atoms with van der Waals surface area (Å²) in [6.07, 6.45) is 0. The number of benzene rings is 1. The van der Waals surface area contributed by atoms with E-state index in [1.807, 2.05) is 0 Å². The van der Waals surface area contributed by atoms with E-state index < -0.39 is 17.9 Å². The van der Waals surface area contributed by atoms with Crippen molar-refractivity contribution in [3.63, 3.8) is 0 Å². The number of nitrogens with two attached hydrogens (primary N) is 1. The Bertz CT molecular complexity index is 467. The minimum absolute atomic E-state index is 0.418. The number of hydrazone groups is 1. The fourth-order valence-corrected chi connectivity index (χ4v) is 1.43. The number of amides is 2. The summed E-state index contributed by atoms with van der Waals surface area (Å²) in [4.78, 5) is 23.5. The molecule has 5 heteroatoms. The van der Waals surface area contributed by atoms with Crippen molar-refractivity contribution in [2.75, 3.05) is 0 Å². The molecule has 2 rings (SSSR count). The molecule has 1 unspecified atom stereocenters. The van der Waals surface area contributed by atoms with Crippen LogP contribution in [0.5, 0.6) is 0 Å². The fraction of sp³-hybridized carbons (Fsp3) is 0.182. The Labute approximate surface area is 92.5 Å². The van der Waals surface area contributed by atoms with E-state index in [4.69, 9.17) is 5.73 Å². The summed E-state index contributed by atoms with van der Waals surface area (Å²) in [5.41, 5.74) is 6.42. The van der Waals surface area contributed by atoms with E-state index in [1.165, 1.54) is 0 Å². The van der Waals surface area contributed by atoms with Crippen molar-refractivity contribution in [3.05, 3.63) is 35.9 Å². The van der Waals surface area contributed by atoms with E-state index in [0.29, 0.717) is 11.3 Å². The standard InChI is InChI=1S/C11H11N3O2/c1-7-9(12)11(16)14(13-7)10(15)8-5-3-2-4-6-8/h2-6,9H,12H2,1H3. The van der Waals surface area contributed by atoms with Crippen LogP contribution < -0.4 is 5.73 Å². The molecule has 0 saturated carbocycles. The van der Waals surface area contributed by atoms with E-state index in [2.05, 4.69) is 5.10 Å². The molecule has 16 heavy (non-hydrogen) atoms. The van der Waals surface area contributed by atoms with Crippen LogP contribution >= 0.6 is 0 Å². The quantitative estimate of drug-likeness (QED) is 0.690. The van der Waals surface area contributed by atoms with Gasteiger partial charge in [0.05, 0.1) is 5.71 Å². The average molecular weight is 217 g/mol. The molecule has 0 saturated heterocycles. The second kappa shape index (κ2) is 3.86. The van der Waals surface area contributed by atoms with Crippen LogP contribution in [-0.4, -0.2) is 28.6 Å². The first-order chi connectivity index (χ1) is 7.61. The molecule has 82 valence electrons. The predicted octanol–water partition coefficient (Wildman–Crippen LogP) is 0.372. The van der Waals surface area contributed by atoms with Crippen LogP contribution in [0.25, 0.3) is 0 Å². The first-order valence-corrected chi connectivity index (χ1v) is 4.85. The summed E-state index contributed by atoms with van der Waals surface area (Å²) in [5, 5.41) is 4.68. The van der Waals surface area contributed by atoms with E-state index in [-0.39, 0.29) is 0 Å². The highest BCUT2D eigenvalue weighted by atomic mass is 16.2. The second-order valence-electron chi connectivity index (χ2n) is 3.54. The molecule has 1 aromatic carbocycles. The van der Waals surface area contributed by atoms with Gasteiger partial charge in [-0.25, -0.2) is 0 Å². The van der Waals surface area contributed by atoms with Crippen LogP contribution in [0.2, 0.25) is 0 Å². The number of hydrogen-bond acceptors (Lipinski definition) is 4. The van der Waals surface area contributed by atoms with Crippen LogP contribution in [0.1, 0.15) is 17.3 Å². The topological polar surface area (TPSA) is 75.8 Å². The highest BCUT2D eigenvalue weighted by molar-refractivity contribution is 6.18. The van der Waals surface area contributed by atoms with Crippen molar-refractivity contribution in [2.24, 2.45) is 10.8 Å². The van der Waals surface area contributed by atoms with E-state index in [0.717, 1.165) is 5.01 Å². The summed E-state index contributed by atoms with van der Waals surface area (Å²) in [5.74, 6) is -0.927. The summed E-state index contributed by atoms with van der Waals surface area (Å²) >= 11 is 0. The number of nitrogens with zero attached hydrogens (tertiary/aromatic N) is 2. The molecule has 2 amide bonds. The van der Waals surface area contributed by atoms with Crippen LogP contribution in [0.15, 0.2) is 35.4 Å². The Morgan fingerprint density at radius 2 is 2.00 bits per heavy atom. The highest BCUT2D eigenvalue weighted by Crippen LogP contribution is 2.12. The summed E-state index contributed by atoms with van der Waals surface area (Å²) in [7, 11) is 0. The molecule has 0 aromatic heterocycles. The molecule has 0 fully saturated rings. The monoisotopic (exact) mass is 217 g/mol. The molecule has 1 aliphatic heterocycles. The van der Waals surface area contributed by atoms with Crippen molar-refractivity contribution in [1.29, 1.82) is 0 Å². The first-order valence-electron chi connectivity index (χ1n) is 4.85. The molecule has 1 heterocycles. The van der Waals surface area contributed by atoms with Gasteiger partial charge in [-0.2, -0.15) is 10.1 Å². The lowest BCUT2D eigenvalue weighted by atomic mass is 10.2. The zero-order valence-corrected chi connectivity index (χ0v) is 8.75. The van der Waals surface area contributed by atoms with Gasteiger partial charge >= 0.3 is 0 Å². The lowest BCUT2D eigenvalue weighted by Gasteiger charge is -2.10. The lowest BCUT2D eigenvalue weighted by molar-refractivity contribution is -0.127. The van der Waals surface area contributed by atoms with Gasteiger partial charge in [0, 0.05) is 5.56 Å². The largest absolute Gasteiger partial charge is 0.315 e. The molecule has 2 N–H and O–H groups in total. The van der Waals surface area contributed by atoms with E-state index >= 15 is 0 Å². The van der Waals surface area contributed by atoms with Crippen molar-refractivity contribution in [2.45, 2.75) is 13.0 Å². The maximum absolute atomic E-state index is 11.9. The van der Waals surface area contributed by atoms with E-state index in [1.54, 1.807) is 37.3 Å². The molecule has 0 spiro atoms. The number of imide groups is 1. The van der Waals surface area contributed by atoms with Crippen molar-refractivity contribution < 1.29 is 9.59 Å². The third-order valence-electron chi connectivity index (χ3n) is 2.40. The molecule has 5 nitrogen and oxygen atoms in total. The number of rotatable bonds is 1. The van der Waals surface area contributed by atoms with Crippen molar-refractivity contribution >= 4 is 17.5 Å². The first kappa shape index (κ1) is 10.5. The number of carbonyl (C=O) groups excluding carboxylic acids is 2. The molecule has 1 aromatic rings. The zero-order valence-electron chi connectivity index (χ0n) is 8.75. The Morgan fingerprint density at radius 1 is 1.38 bits per heavy atom. The van der Waals surface area contributed by atoms with Gasteiger partial charge in [-0.15, -0.1) is 0 Å². The molecular weight excluding hydrogens is 206 g/mol. The molecule has 1 aliphatic rings. The van der Waals surface area contributed by atoms with Crippen LogP contribution in [0, 0.1) is 0 Å². The van der Waals surface area contributed by atoms with Crippen molar-refractivity contribution in [1.82, 2.24) is 5.01 Å². The third-order valence-corrected chi connectivity index (χ3v) is 2.40.